The molecule has 4 aromatic rings. The Hall–Kier alpha value is -3.82. The third-order valence-electron chi connectivity index (χ3n) is 4.74. The number of rotatable bonds is 1. The molecule has 0 amide bonds. The van der Waals surface area contributed by atoms with Crippen molar-refractivity contribution in [3.63, 3.8) is 0 Å². The lowest BCUT2D eigenvalue weighted by Gasteiger charge is -2.14. The van der Waals surface area contributed by atoms with Crippen LogP contribution >= 0.6 is 0 Å². The molecule has 0 bridgehead atoms. The largest absolute Gasteiger partial charge is 0.433 e. The van der Waals surface area contributed by atoms with Crippen LogP contribution in [0.3, 0.4) is 0 Å². The van der Waals surface area contributed by atoms with Crippen LogP contribution in [0, 0.1) is 11.3 Å². The number of nitrogens with zero attached hydrogens (tertiary/aromatic N) is 4. The van der Waals surface area contributed by atoms with Crippen molar-refractivity contribution in [1.82, 2.24) is 14.6 Å². The highest BCUT2D eigenvalue weighted by molar-refractivity contribution is 6.02. The lowest BCUT2D eigenvalue weighted by Crippen LogP contribution is -2.18. The SMILES string of the molecule is N#Cc1c(-c2ccccc2)cc(C(F)(F)F)c2c1nn1c(C(F)(F)F)cc(C(F)(F)F)nc21. The molecule has 0 saturated heterocycles. The summed E-state index contributed by atoms with van der Waals surface area (Å²) in [4.78, 5) is 3.03. The number of hydrogen-bond acceptors (Lipinski definition) is 3. The van der Waals surface area contributed by atoms with Crippen LogP contribution in [0.2, 0.25) is 0 Å². The van der Waals surface area contributed by atoms with Gasteiger partial charge in [0.15, 0.2) is 11.3 Å². The first-order valence-corrected chi connectivity index (χ1v) is 8.81. The molecule has 0 N–H and O–H groups in total. The molecule has 0 atom stereocenters. The van der Waals surface area contributed by atoms with Crippen molar-refractivity contribution in [2.24, 2.45) is 0 Å². The maximum atomic E-state index is 13.9. The van der Waals surface area contributed by atoms with Crippen molar-refractivity contribution >= 4 is 16.6 Å². The van der Waals surface area contributed by atoms with Crippen molar-refractivity contribution in [3.05, 3.63) is 65.0 Å². The van der Waals surface area contributed by atoms with E-state index in [2.05, 4.69) is 10.1 Å². The van der Waals surface area contributed by atoms with Crippen LogP contribution < -0.4 is 0 Å². The number of benzene rings is 2. The van der Waals surface area contributed by atoms with Crippen molar-refractivity contribution in [2.75, 3.05) is 0 Å². The summed E-state index contributed by atoms with van der Waals surface area (Å²) < 4.78 is 122. The summed E-state index contributed by atoms with van der Waals surface area (Å²) in [5, 5.41) is 11.9. The highest BCUT2D eigenvalue weighted by atomic mass is 19.4. The van der Waals surface area contributed by atoms with E-state index >= 15 is 0 Å². The average molecular weight is 474 g/mol. The summed E-state index contributed by atoms with van der Waals surface area (Å²) in [6.07, 6.45) is -16.0. The fourth-order valence-electron chi connectivity index (χ4n) is 3.39. The van der Waals surface area contributed by atoms with E-state index in [1.807, 2.05) is 0 Å². The Balaban J connectivity index is 2.28. The topological polar surface area (TPSA) is 54.0 Å². The molecule has 13 heteroatoms. The second-order valence-corrected chi connectivity index (χ2v) is 6.80. The van der Waals surface area contributed by atoms with Gasteiger partial charge in [-0.3, -0.25) is 0 Å². The third kappa shape index (κ3) is 3.71. The van der Waals surface area contributed by atoms with Gasteiger partial charge >= 0.3 is 18.5 Å². The van der Waals surface area contributed by atoms with Gasteiger partial charge in [0.05, 0.1) is 16.5 Å². The van der Waals surface area contributed by atoms with Crippen molar-refractivity contribution < 1.29 is 39.5 Å². The maximum Gasteiger partial charge on any atom is 0.433 e. The summed E-state index contributed by atoms with van der Waals surface area (Å²) in [6.45, 7) is 0. The molecule has 0 aliphatic heterocycles. The van der Waals surface area contributed by atoms with Gasteiger partial charge in [-0.1, -0.05) is 30.3 Å². The first-order valence-electron chi connectivity index (χ1n) is 8.81. The van der Waals surface area contributed by atoms with Gasteiger partial charge in [0.1, 0.15) is 17.3 Å². The first kappa shape index (κ1) is 22.4. The zero-order chi connectivity index (χ0) is 24.3. The predicted octanol–water partition coefficient (Wildman–Crippen LogP) is 6.48. The number of aromatic nitrogens is 3. The van der Waals surface area contributed by atoms with Crippen LogP contribution in [0.25, 0.3) is 27.7 Å². The molecule has 4 rings (SSSR count). The zero-order valence-corrected chi connectivity index (χ0v) is 15.7. The zero-order valence-electron chi connectivity index (χ0n) is 15.7. The first-order chi connectivity index (χ1) is 15.2. The molecular formula is C20H7F9N4. The van der Waals surface area contributed by atoms with E-state index in [0.29, 0.717) is 6.07 Å². The van der Waals surface area contributed by atoms with E-state index in [4.69, 9.17) is 0 Å². The van der Waals surface area contributed by atoms with E-state index < -0.39 is 57.6 Å². The number of nitriles is 1. The summed E-state index contributed by atoms with van der Waals surface area (Å²) in [5.74, 6) is 0. The lowest BCUT2D eigenvalue weighted by atomic mass is 9.94. The second kappa shape index (κ2) is 7.09. The lowest BCUT2D eigenvalue weighted by molar-refractivity contribution is -0.148. The predicted molar refractivity (Wildman–Crippen MR) is 95.7 cm³/mol. The molecule has 0 radical (unpaired) electrons. The van der Waals surface area contributed by atoms with Crippen LogP contribution in [-0.4, -0.2) is 14.6 Å². The molecule has 2 aromatic heterocycles. The summed E-state index contributed by atoms with van der Waals surface area (Å²) in [5.41, 5.74) is -8.53. The van der Waals surface area contributed by atoms with Crippen LogP contribution in [0.4, 0.5) is 39.5 Å². The summed E-state index contributed by atoms with van der Waals surface area (Å²) >= 11 is 0. The van der Waals surface area contributed by atoms with E-state index in [9.17, 15) is 44.8 Å². The molecule has 0 saturated carbocycles. The van der Waals surface area contributed by atoms with Gasteiger partial charge in [-0.05, 0) is 17.7 Å². The van der Waals surface area contributed by atoms with Gasteiger partial charge in [-0.25, -0.2) is 9.50 Å². The van der Waals surface area contributed by atoms with Crippen LogP contribution in [0.1, 0.15) is 22.5 Å². The number of hydrogen-bond donors (Lipinski definition) is 0. The Morgan fingerprint density at radius 2 is 1.45 bits per heavy atom. The van der Waals surface area contributed by atoms with Gasteiger partial charge in [-0.2, -0.15) is 49.9 Å². The van der Waals surface area contributed by atoms with Crippen LogP contribution in [-0.2, 0) is 18.5 Å². The Kier molecular flexibility index (Phi) is 4.81. The van der Waals surface area contributed by atoms with Crippen LogP contribution in [0.15, 0.2) is 42.5 Å². The molecule has 2 heterocycles. The molecule has 33 heavy (non-hydrogen) atoms. The smallest absolute Gasteiger partial charge is 0.223 e. The molecule has 170 valence electrons. The highest BCUT2D eigenvalue weighted by Gasteiger charge is 2.43. The van der Waals surface area contributed by atoms with Crippen molar-refractivity contribution in [2.45, 2.75) is 18.5 Å². The molecule has 0 unspecified atom stereocenters. The van der Waals surface area contributed by atoms with Crippen molar-refractivity contribution in [3.8, 4) is 17.2 Å². The fourth-order valence-corrected chi connectivity index (χ4v) is 3.39. The Morgan fingerprint density at radius 3 is 1.97 bits per heavy atom. The minimum Gasteiger partial charge on any atom is -0.223 e. The van der Waals surface area contributed by atoms with E-state index in [1.54, 1.807) is 12.1 Å². The van der Waals surface area contributed by atoms with E-state index in [-0.39, 0.29) is 21.7 Å². The third-order valence-corrected chi connectivity index (χ3v) is 4.74. The molecule has 0 fully saturated rings. The van der Waals surface area contributed by atoms with Gasteiger partial charge in [-0.15, -0.1) is 0 Å². The van der Waals surface area contributed by atoms with Gasteiger partial charge in [0.2, 0.25) is 0 Å². The second-order valence-electron chi connectivity index (χ2n) is 6.80. The number of alkyl halides is 9. The standard InChI is InChI=1S/C20H7F9N4/c21-18(22,23)12-6-10(9-4-2-1-3-5-9)11(8-30)16-15(12)17-31-13(19(24,25)26)7-14(20(27,28)29)33(17)32-16/h1-7H. The molecule has 0 aliphatic rings. The number of fused-ring (bicyclic) bond motifs is 3. The van der Waals surface area contributed by atoms with Crippen LogP contribution in [0.5, 0.6) is 0 Å². The van der Waals surface area contributed by atoms with Gasteiger partial charge in [0.25, 0.3) is 0 Å². The normalized spacial score (nSPS) is 13.0. The minimum absolute atomic E-state index is 0.124. The summed E-state index contributed by atoms with van der Waals surface area (Å²) in [7, 11) is 0. The molecule has 4 nitrogen and oxygen atoms in total. The quantitative estimate of drug-likeness (QED) is 0.297. The van der Waals surface area contributed by atoms with Gasteiger partial charge in [0, 0.05) is 5.56 Å². The fraction of sp³-hybridized carbons (Fsp3) is 0.150. The molecular weight excluding hydrogens is 467 g/mol. The molecule has 0 spiro atoms. The average Bonchev–Trinajstić information content (AvgIpc) is 3.09. The van der Waals surface area contributed by atoms with Crippen molar-refractivity contribution in [1.29, 1.82) is 5.26 Å². The Morgan fingerprint density at radius 1 is 0.818 bits per heavy atom. The maximum absolute atomic E-state index is 13.9. The Labute approximate surface area is 177 Å². The Bertz CT molecular complexity index is 1420. The van der Waals surface area contributed by atoms with Gasteiger partial charge < -0.3 is 0 Å². The molecule has 0 aliphatic carbocycles. The minimum atomic E-state index is -5.42. The van der Waals surface area contributed by atoms with E-state index in [1.165, 1.54) is 24.3 Å². The van der Waals surface area contributed by atoms with E-state index in [0.717, 1.165) is 0 Å². The molecule has 2 aromatic carbocycles. The number of halogens is 9. The monoisotopic (exact) mass is 474 g/mol. The highest BCUT2D eigenvalue weighted by Crippen LogP contribution is 2.43. The summed E-state index contributed by atoms with van der Waals surface area (Å²) in [6, 6.07) is 8.92.